The molecule has 2 aliphatic rings. The molecule has 2 heterocycles. The van der Waals surface area contributed by atoms with Crippen molar-refractivity contribution in [3.63, 3.8) is 0 Å². The van der Waals surface area contributed by atoms with Crippen LogP contribution >= 0.6 is 0 Å². The summed E-state index contributed by atoms with van der Waals surface area (Å²) in [5.41, 5.74) is 5.08. The van der Waals surface area contributed by atoms with E-state index in [1.807, 2.05) is 0 Å². The fraction of sp³-hybridized carbons (Fsp3) is 0.364. The van der Waals surface area contributed by atoms with Crippen LogP contribution in [-0.4, -0.2) is 26.2 Å². The molecule has 0 aromatic heterocycles. The third-order valence-corrected chi connectivity index (χ3v) is 4.67. The zero-order chi connectivity index (χ0) is 18.5. The smallest absolute Gasteiger partial charge is 1.00 e. The number of hydrogen-bond acceptors (Lipinski definition) is 4. The number of hydrogen-bond donors (Lipinski definition) is 0. The number of halogens is 1. The summed E-state index contributed by atoms with van der Waals surface area (Å²) in [5, 5.41) is 0. The summed E-state index contributed by atoms with van der Waals surface area (Å²) in [6.45, 7) is 19.1. The fourth-order valence-electron chi connectivity index (χ4n) is 3.31. The average Bonchev–Trinajstić information content (AvgIpc) is 3.26. The quantitative estimate of drug-likeness (QED) is 0.552. The monoisotopic (exact) mass is 534 g/mol. The van der Waals surface area contributed by atoms with E-state index < -0.39 is 0 Å². The van der Waals surface area contributed by atoms with Gasteiger partial charge in [0.2, 0.25) is 13.3 Å². The topological polar surface area (TPSA) is 13.0 Å². The third-order valence-electron chi connectivity index (χ3n) is 4.67. The Bertz CT molecular complexity index is 608. The minimum Gasteiger partial charge on any atom is -1.00 e. The normalized spacial score (nSPS) is 13.9. The van der Waals surface area contributed by atoms with Gasteiger partial charge in [-0.3, -0.25) is 0 Å². The van der Waals surface area contributed by atoms with Crippen LogP contribution in [0.25, 0.3) is 0 Å². The van der Waals surface area contributed by atoms with Gasteiger partial charge in [0.25, 0.3) is 0 Å². The molecule has 0 atom stereocenters. The van der Waals surface area contributed by atoms with E-state index in [1.54, 1.807) is 0 Å². The Morgan fingerprint density at radius 1 is 0.536 bits per heavy atom. The molecule has 4 radical (unpaired) electrons. The zero-order valence-electron chi connectivity index (χ0n) is 16.9. The maximum Gasteiger partial charge on any atom is 1.00 e. The van der Waals surface area contributed by atoms with E-state index in [1.165, 1.54) is 22.7 Å². The van der Waals surface area contributed by atoms with E-state index in [-0.39, 0.29) is 39.4 Å². The maximum atomic E-state index is 3.32. The van der Waals surface area contributed by atoms with Crippen molar-refractivity contribution in [2.45, 2.75) is 27.7 Å². The van der Waals surface area contributed by atoms with Gasteiger partial charge in [0, 0.05) is 26.2 Å². The van der Waals surface area contributed by atoms with Gasteiger partial charge in [-0.2, -0.15) is 0 Å². The summed E-state index contributed by atoms with van der Waals surface area (Å²) in [5.74, 6) is 0. The van der Waals surface area contributed by atoms with E-state index >= 15 is 0 Å². The van der Waals surface area contributed by atoms with Crippen LogP contribution in [-0.2, 0) is 22.4 Å². The number of fused-ring (bicyclic) bond motifs is 2. The van der Waals surface area contributed by atoms with Crippen molar-refractivity contribution in [3.8, 4) is 0 Å². The average molecular weight is 536 g/mol. The molecule has 28 heavy (non-hydrogen) atoms. The molecule has 0 spiro atoms. The Morgan fingerprint density at radius 3 is 0.929 bits per heavy atom. The molecule has 6 heteroatoms. The number of benzene rings is 2. The molecule has 0 N–H and O–H groups in total. The van der Waals surface area contributed by atoms with E-state index in [2.05, 4.69) is 109 Å². The van der Waals surface area contributed by atoms with Crippen LogP contribution in [0.1, 0.15) is 27.7 Å². The van der Waals surface area contributed by atoms with Gasteiger partial charge in [-0.05, 0) is 52.0 Å². The zero-order valence-corrected chi connectivity index (χ0v) is 20.0. The number of anilines is 4. The largest absolute Gasteiger partial charge is 1.00 e. The Labute approximate surface area is 196 Å². The molecule has 4 rings (SSSR count). The molecule has 2 aromatic rings. The summed E-state index contributed by atoms with van der Waals surface area (Å²) < 4.78 is 0. The minimum absolute atomic E-state index is 0. The number of nitrogens with zero attached hydrogens (tertiary/aromatic N) is 4. The van der Waals surface area contributed by atoms with E-state index in [0.717, 1.165) is 26.2 Å². The number of rotatable bonds is 4. The van der Waals surface area contributed by atoms with Crippen molar-refractivity contribution < 1.29 is 39.4 Å². The Balaban J connectivity index is 0.000000261. The van der Waals surface area contributed by atoms with Gasteiger partial charge < -0.3 is 36.6 Å². The predicted molar refractivity (Wildman–Crippen MR) is 111 cm³/mol. The summed E-state index contributed by atoms with van der Waals surface area (Å²) in [4.78, 5) is 8.61. The maximum absolute atomic E-state index is 3.32. The second-order valence-corrected chi connectivity index (χ2v) is 6.15. The third kappa shape index (κ3) is 5.07. The van der Waals surface area contributed by atoms with Gasteiger partial charge in [-0.25, -0.2) is 0 Å². The van der Waals surface area contributed by atoms with Crippen molar-refractivity contribution in [1.29, 1.82) is 0 Å². The van der Waals surface area contributed by atoms with Gasteiger partial charge >= 0.3 is 22.4 Å². The van der Waals surface area contributed by atoms with Crippen molar-refractivity contribution >= 4 is 22.7 Å². The van der Waals surface area contributed by atoms with Crippen LogP contribution in [0.4, 0.5) is 22.7 Å². The summed E-state index contributed by atoms with van der Waals surface area (Å²) >= 11 is 0. The fourth-order valence-corrected chi connectivity index (χ4v) is 3.31. The van der Waals surface area contributed by atoms with Crippen LogP contribution in [0.15, 0.2) is 48.5 Å². The molecular formula is C22H28AgBrN4. The molecule has 0 aliphatic carbocycles. The van der Waals surface area contributed by atoms with Crippen LogP contribution in [0.2, 0.25) is 0 Å². The SMILES string of the molecule is CCN1[C]N(CC)c2ccccc21.CCN1[C]N(CC)c2ccccc21.[Ag+].[Br-]. The molecule has 0 saturated carbocycles. The molecule has 0 saturated heterocycles. The van der Waals surface area contributed by atoms with Gasteiger partial charge in [0.1, 0.15) is 0 Å². The van der Waals surface area contributed by atoms with Gasteiger partial charge in [-0.1, -0.05) is 24.3 Å². The van der Waals surface area contributed by atoms with Gasteiger partial charge in [-0.15, -0.1) is 0 Å². The molecule has 154 valence electrons. The molecular weight excluding hydrogens is 508 g/mol. The van der Waals surface area contributed by atoms with Crippen molar-refractivity contribution in [2.24, 2.45) is 0 Å². The van der Waals surface area contributed by atoms with Crippen LogP contribution < -0.4 is 36.6 Å². The molecule has 0 amide bonds. The predicted octanol–water partition coefficient (Wildman–Crippen LogP) is 1.70. The van der Waals surface area contributed by atoms with Crippen LogP contribution in [0, 0.1) is 13.3 Å². The Hall–Kier alpha value is -1.14. The minimum atomic E-state index is 0. The van der Waals surface area contributed by atoms with Crippen molar-refractivity contribution in [3.05, 3.63) is 61.9 Å². The van der Waals surface area contributed by atoms with Gasteiger partial charge in [0.15, 0.2) is 0 Å². The first-order valence-corrected chi connectivity index (χ1v) is 9.54. The summed E-state index contributed by atoms with van der Waals surface area (Å²) in [7, 11) is 0. The standard InChI is InChI=1S/2C11H14N2.Ag.BrH/c2*1-3-12-9-13(4-2)11-8-6-5-7-10(11)12;;/h2*5-8H,3-4H2,1-2H3;;1H/q;;+1;/p-1. The second-order valence-electron chi connectivity index (χ2n) is 6.15. The van der Waals surface area contributed by atoms with Gasteiger partial charge in [0.05, 0.1) is 22.7 Å². The van der Waals surface area contributed by atoms with Crippen LogP contribution in [0.5, 0.6) is 0 Å². The molecule has 2 aromatic carbocycles. The summed E-state index contributed by atoms with van der Waals surface area (Å²) in [6.07, 6.45) is 0. The first kappa shape index (κ1) is 24.9. The van der Waals surface area contributed by atoms with E-state index in [4.69, 9.17) is 0 Å². The Morgan fingerprint density at radius 2 is 0.750 bits per heavy atom. The molecule has 0 bridgehead atoms. The first-order valence-electron chi connectivity index (χ1n) is 9.54. The van der Waals surface area contributed by atoms with Crippen molar-refractivity contribution in [1.82, 2.24) is 0 Å². The number of para-hydroxylation sites is 4. The second kappa shape index (κ2) is 11.8. The molecule has 0 unspecified atom stereocenters. The molecule has 0 fully saturated rings. The molecule has 4 nitrogen and oxygen atoms in total. The van der Waals surface area contributed by atoms with E-state index in [0.29, 0.717) is 0 Å². The summed E-state index contributed by atoms with van der Waals surface area (Å²) in [6, 6.07) is 16.8. The van der Waals surface area contributed by atoms with Crippen molar-refractivity contribution in [2.75, 3.05) is 45.8 Å². The molecule has 2 aliphatic heterocycles. The Kier molecular flexibility index (Phi) is 10.5. The van der Waals surface area contributed by atoms with Crippen LogP contribution in [0.3, 0.4) is 0 Å². The van der Waals surface area contributed by atoms with E-state index in [9.17, 15) is 0 Å². The first-order chi connectivity index (χ1) is 12.7.